The summed E-state index contributed by atoms with van der Waals surface area (Å²) in [6, 6.07) is 1.27. The number of carbonyl (C=O) groups is 2. The molecule has 1 aliphatic heterocycles. The van der Waals surface area contributed by atoms with Crippen LogP contribution in [0.3, 0.4) is 0 Å². The van der Waals surface area contributed by atoms with E-state index >= 15 is 0 Å². The molecule has 9 nitrogen and oxygen atoms in total. The summed E-state index contributed by atoms with van der Waals surface area (Å²) in [4.78, 5) is 34.8. The molecule has 144 valence electrons. The number of aryl methyl sites for hydroxylation is 1. The number of imide groups is 1. The molecule has 0 aromatic carbocycles. The van der Waals surface area contributed by atoms with Crippen LogP contribution in [0.25, 0.3) is 0 Å². The Morgan fingerprint density at radius 2 is 2.18 bits per heavy atom. The van der Waals surface area contributed by atoms with Crippen LogP contribution in [0.4, 0.5) is 4.79 Å². The maximum atomic E-state index is 12.8. The van der Waals surface area contributed by atoms with Crippen LogP contribution in [0.5, 0.6) is 0 Å². The summed E-state index contributed by atoms with van der Waals surface area (Å²) in [6.45, 7) is 1.84. The minimum atomic E-state index is -3.91. The molecule has 1 atom stereocenters. The van der Waals surface area contributed by atoms with Crippen LogP contribution in [-0.2, 0) is 21.4 Å². The van der Waals surface area contributed by atoms with E-state index in [9.17, 15) is 18.0 Å². The highest BCUT2D eigenvalue weighted by Crippen LogP contribution is 2.36. The minimum absolute atomic E-state index is 0.0220. The lowest BCUT2D eigenvalue weighted by atomic mass is 10.0. The molecule has 0 bridgehead atoms. The molecular weight excluding hydrogens is 402 g/mol. The first-order valence-electron chi connectivity index (χ1n) is 8.43. The Morgan fingerprint density at radius 1 is 1.43 bits per heavy atom. The number of amides is 3. The van der Waals surface area contributed by atoms with Crippen molar-refractivity contribution in [2.24, 2.45) is 4.99 Å². The van der Waals surface area contributed by atoms with Gasteiger partial charge < -0.3 is 0 Å². The fourth-order valence-electron chi connectivity index (χ4n) is 2.92. The van der Waals surface area contributed by atoms with Crippen molar-refractivity contribution in [2.75, 3.05) is 0 Å². The van der Waals surface area contributed by atoms with Gasteiger partial charge in [-0.05, 0) is 31.9 Å². The average molecular weight is 417 g/mol. The molecule has 3 amide bonds. The van der Waals surface area contributed by atoms with Crippen LogP contribution in [-0.4, -0.2) is 46.7 Å². The van der Waals surface area contributed by atoms with Gasteiger partial charge in [-0.15, -0.1) is 11.3 Å². The number of nitrogens with zero attached hydrogens (tertiary/aromatic N) is 4. The highest BCUT2D eigenvalue weighted by Gasteiger charge is 2.48. The first kappa shape index (κ1) is 18.7. The molecule has 1 N–H and O–H groups in total. The molecule has 1 fully saturated rings. The summed E-state index contributed by atoms with van der Waals surface area (Å²) in [5, 5.41) is 8.80. The predicted octanol–water partition coefficient (Wildman–Crippen LogP) is 1.20. The maximum absolute atomic E-state index is 12.8. The largest absolute Gasteiger partial charge is 0.351 e. The van der Waals surface area contributed by atoms with E-state index in [0.29, 0.717) is 12.8 Å². The number of hydrogen-bond acceptors (Lipinski definition) is 7. The molecule has 2 heterocycles. The topological polar surface area (TPSA) is 133 Å². The summed E-state index contributed by atoms with van der Waals surface area (Å²) >= 11 is 1.36. The number of carbonyl (C=O) groups excluding carboxylic acids is 2. The van der Waals surface area contributed by atoms with E-state index in [1.165, 1.54) is 29.6 Å². The van der Waals surface area contributed by atoms with Gasteiger partial charge in [-0.3, -0.25) is 9.69 Å². The molecule has 0 spiro atoms. The number of nitrogens with one attached hydrogen (secondary N) is 1. The molecule has 1 unspecified atom stereocenters. The number of aromatic nitrogens is 1. The highest BCUT2D eigenvalue weighted by molar-refractivity contribution is 7.90. The Hall–Kier alpha value is -2.68. The van der Waals surface area contributed by atoms with Gasteiger partial charge >= 0.3 is 6.03 Å². The van der Waals surface area contributed by atoms with Crippen molar-refractivity contribution in [3.63, 3.8) is 0 Å². The van der Waals surface area contributed by atoms with Gasteiger partial charge in [0.1, 0.15) is 10.8 Å². The number of allylic oxidation sites excluding steroid dienone is 1. The summed E-state index contributed by atoms with van der Waals surface area (Å²) < 4.78 is 27.7. The molecule has 1 aromatic rings. The molecule has 2 aliphatic carbocycles. The van der Waals surface area contributed by atoms with Crippen molar-refractivity contribution < 1.29 is 18.0 Å². The van der Waals surface area contributed by atoms with Gasteiger partial charge in [0.15, 0.2) is 0 Å². The van der Waals surface area contributed by atoms with E-state index in [1.54, 1.807) is 6.20 Å². The standard InChI is InChI=1S/C17H15N5O4S2/c1-10-19-7-11(27-10)8-22-15(23)13-6-12(2-3-14(13)20-16(22)24)28(25,26)21-17(9-18)4-5-17/h2-3,6-7,12,21H,4-5,8H2,1H3. The lowest BCUT2D eigenvalue weighted by Gasteiger charge is -2.27. The number of urea groups is 1. The summed E-state index contributed by atoms with van der Waals surface area (Å²) in [5.41, 5.74) is -0.859. The third-order valence-electron chi connectivity index (χ3n) is 4.62. The van der Waals surface area contributed by atoms with Gasteiger partial charge in [-0.1, -0.05) is 6.08 Å². The molecule has 11 heteroatoms. The van der Waals surface area contributed by atoms with E-state index < -0.39 is 32.8 Å². The normalized spacial score (nSPS) is 23.0. The van der Waals surface area contributed by atoms with Gasteiger partial charge in [0.25, 0.3) is 5.91 Å². The Kier molecular flexibility index (Phi) is 4.29. The predicted molar refractivity (Wildman–Crippen MR) is 101 cm³/mol. The molecule has 0 radical (unpaired) electrons. The number of sulfonamides is 1. The number of nitriles is 1. The van der Waals surface area contributed by atoms with Gasteiger partial charge in [0, 0.05) is 11.1 Å². The second-order valence-electron chi connectivity index (χ2n) is 6.76. The van der Waals surface area contributed by atoms with Crippen LogP contribution >= 0.6 is 11.3 Å². The van der Waals surface area contributed by atoms with Crippen LogP contribution in [0, 0.1) is 18.3 Å². The molecule has 1 aromatic heterocycles. The first-order valence-corrected chi connectivity index (χ1v) is 10.8. The molecule has 0 saturated heterocycles. The van der Waals surface area contributed by atoms with Crippen LogP contribution in [0.2, 0.25) is 0 Å². The van der Waals surface area contributed by atoms with Gasteiger partial charge in [-0.2, -0.15) is 15.0 Å². The van der Waals surface area contributed by atoms with E-state index in [4.69, 9.17) is 5.26 Å². The summed E-state index contributed by atoms with van der Waals surface area (Å²) in [6.07, 6.45) is 6.48. The zero-order valence-corrected chi connectivity index (χ0v) is 16.4. The fourth-order valence-corrected chi connectivity index (χ4v) is 5.24. The van der Waals surface area contributed by atoms with Crippen molar-refractivity contribution in [2.45, 2.75) is 37.1 Å². The SMILES string of the molecule is Cc1ncc(CN2C(=O)N=C3C=CC(S(=O)(=O)NC4(C#N)CC4)C=C3C2=O)s1. The van der Waals surface area contributed by atoms with E-state index in [1.807, 2.05) is 13.0 Å². The van der Waals surface area contributed by atoms with Crippen molar-refractivity contribution in [3.05, 3.63) is 39.9 Å². The molecule has 4 rings (SSSR count). The van der Waals surface area contributed by atoms with Crippen molar-refractivity contribution in [3.8, 4) is 6.07 Å². The van der Waals surface area contributed by atoms with Gasteiger partial charge in [0.2, 0.25) is 10.0 Å². The summed E-state index contributed by atoms with van der Waals surface area (Å²) in [5.74, 6) is -0.605. The van der Waals surface area contributed by atoms with Crippen molar-refractivity contribution in [1.29, 1.82) is 5.26 Å². The smallest absolute Gasteiger partial charge is 0.268 e. The number of rotatable bonds is 5. The second kappa shape index (κ2) is 6.44. The lowest BCUT2D eigenvalue weighted by Crippen LogP contribution is -2.45. The van der Waals surface area contributed by atoms with Crippen LogP contribution < -0.4 is 4.72 Å². The monoisotopic (exact) mass is 417 g/mol. The van der Waals surface area contributed by atoms with Crippen LogP contribution in [0.1, 0.15) is 22.7 Å². The Morgan fingerprint density at radius 3 is 2.79 bits per heavy atom. The number of thiazole rings is 1. The fraction of sp³-hybridized carbons (Fsp3) is 0.353. The highest BCUT2D eigenvalue weighted by atomic mass is 32.2. The summed E-state index contributed by atoms with van der Waals surface area (Å²) in [7, 11) is -3.91. The van der Waals surface area contributed by atoms with Gasteiger partial charge in [-0.25, -0.2) is 18.2 Å². The van der Waals surface area contributed by atoms with Crippen molar-refractivity contribution >= 4 is 39.0 Å². The molecular formula is C17H15N5O4S2. The first-order chi connectivity index (χ1) is 13.2. The number of aliphatic imine (C=N–C) groups is 1. The third kappa shape index (κ3) is 3.30. The van der Waals surface area contributed by atoms with Crippen molar-refractivity contribution in [1.82, 2.24) is 14.6 Å². The average Bonchev–Trinajstić information content (AvgIpc) is 3.29. The molecule has 1 saturated carbocycles. The third-order valence-corrected chi connectivity index (χ3v) is 7.20. The van der Waals surface area contributed by atoms with E-state index in [2.05, 4.69) is 14.7 Å². The number of hydrogen-bond donors (Lipinski definition) is 1. The minimum Gasteiger partial charge on any atom is -0.268 e. The Bertz CT molecular complexity index is 1120. The quantitative estimate of drug-likeness (QED) is 0.765. The van der Waals surface area contributed by atoms with E-state index in [-0.39, 0.29) is 17.8 Å². The molecule has 3 aliphatic rings. The second-order valence-corrected chi connectivity index (χ2v) is 9.92. The zero-order valence-electron chi connectivity index (χ0n) is 14.7. The van der Waals surface area contributed by atoms with Crippen LogP contribution in [0.15, 0.2) is 35.0 Å². The number of fused-ring (bicyclic) bond motifs is 1. The van der Waals surface area contributed by atoms with Gasteiger partial charge in [0.05, 0.1) is 28.9 Å². The Labute approximate surface area is 165 Å². The lowest BCUT2D eigenvalue weighted by molar-refractivity contribution is -0.124. The zero-order chi connectivity index (χ0) is 20.1. The maximum Gasteiger partial charge on any atom is 0.351 e. The molecule has 28 heavy (non-hydrogen) atoms. The Balaban J connectivity index is 1.61. The van der Waals surface area contributed by atoms with E-state index in [0.717, 1.165) is 14.8 Å².